The molecular weight excluding hydrogens is 397 g/mol. The molecule has 0 radical (unpaired) electrons. The van der Waals surface area contributed by atoms with E-state index in [1.807, 2.05) is 0 Å². The summed E-state index contributed by atoms with van der Waals surface area (Å²) in [6.45, 7) is 0. The zero-order chi connectivity index (χ0) is 18.5. The van der Waals surface area contributed by atoms with E-state index in [1.165, 1.54) is 24.2 Å². The maximum Gasteiger partial charge on any atom is 0.293 e. The molecule has 2 aromatic rings. The Morgan fingerprint density at radius 2 is 2.11 bits per heavy atom. The first-order valence-corrected chi connectivity index (χ1v) is 8.30. The van der Waals surface area contributed by atoms with Crippen LogP contribution in [0.5, 0.6) is 5.75 Å². The van der Waals surface area contributed by atoms with Crippen molar-refractivity contribution in [2.45, 2.75) is 24.9 Å². The Morgan fingerprint density at radius 1 is 1.37 bits per heavy atom. The number of carbonyl (C=O) groups excluding carboxylic acids is 1. The second kappa shape index (κ2) is 6.78. The molecule has 10 nitrogen and oxygen atoms in total. The molecular formula is C15H17Cl2N7O3. The van der Waals surface area contributed by atoms with E-state index in [9.17, 15) is 9.59 Å². The topological polar surface area (TPSA) is 136 Å². The Balaban J connectivity index is 0.00000210. The highest BCUT2D eigenvalue weighted by molar-refractivity contribution is 6.34. The third-order valence-corrected chi connectivity index (χ3v) is 4.83. The molecule has 3 heterocycles. The first kappa shape index (κ1) is 19.1. The number of nitrogen functional groups attached to an aromatic ring is 1. The van der Waals surface area contributed by atoms with Gasteiger partial charge in [0, 0.05) is 0 Å². The Bertz CT molecular complexity index is 975. The molecule has 1 amide bonds. The number of nitrogens with two attached hydrogens (primary N) is 1. The number of ether oxygens (including phenoxy) is 1. The number of methoxy groups -OCH3 is 1. The number of amides is 1. The summed E-state index contributed by atoms with van der Waals surface area (Å²) in [7, 11) is 1.42. The highest BCUT2D eigenvalue weighted by atomic mass is 35.5. The van der Waals surface area contributed by atoms with Gasteiger partial charge in [-0.3, -0.25) is 15.0 Å². The molecule has 2 aliphatic rings. The number of hydrogen-bond acceptors (Lipinski definition) is 8. The largest absolute Gasteiger partial charge is 0.490 e. The highest BCUT2D eigenvalue weighted by Gasteiger charge is 2.44. The van der Waals surface area contributed by atoms with Crippen LogP contribution in [0.4, 0.5) is 17.3 Å². The molecule has 0 aromatic carbocycles. The third kappa shape index (κ3) is 3.00. The van der Waals surface area contributed by atoms with Crippen LogP contribution in [0.2, 0.25) is 5.02 Å². The molecule has 0 saturated heterocycles. The smallest absolute Gasteiger partial charge is 0.293 e. The van der Waals surface area contributed by atoms with Crippen molar-refractivity contribution < 1.29 is 9.53 Å². The van der Waals surface area contributed by atoms with Gasteiger partial charge in [-0.25, -0.2) is 14.6 Å². The minimum Gasteiger partial charge on any atom is -0.490 e. The molecule has 4 rings (SSSR count). The molecule has 2 aromatic heterocycles. The van der Waals surface area contributed by atoms with Crippen molar-refractivity contribution in [2.75, 3.05) is 23.6 Å². The van der Waals surface area contributed by atoms with Gasteiger partial charge in [-0.1, -0.05) is 11.6 Å². The Labute approximate surface area is 164 Å². The van der Waals surface area contributed by atoms with E-state index < -0.39 is 11.2 Å². The number of rotatable bonds is 3. The zero-order valence-electron chi connectivity index (χ0n) is 14.2. The van der Waals surface area contributed by atoms with Gasteiger partial charge < -0.3 is 21.1 Å². The van der Waals surface area contributed by atoms with Gasteiger partial charge >= 0.3 is 0 Å². The Morgan fingerprint density at radius 3 is 2.74 bits per heavy atom. The van der Waals surface area contributed by atoms with Crippen LogP contribution in [0.3, 0.4) is 0 Å². The van der Waals surface area contributed by atoms with Crippen molar-refractivity contribution in [3.63, 3.8) is 0 Å². The predicted octanol–water partition coefficient (Wildman–Crippen LogP) is 1.21. The zero-order valence-corrected chi connectivity index (χ0v) is 15.8. The first-order valence-electron chi connectivity index (χ1n) is 7.92. The lowest BCUT2D eigenvalue weighted by Gasteiger charge is -2.47. The second-order valence-electron chi connectivity index (χ2n) is 6.16. The minimum atomic E-state index is -0.604. The number of anilines is 3. The van der Waals surface area contributed by atoms with Crippen LogP contribution in [0.15, 0.2) is 17.2 Å². The summed E-state index contributed by atoms with van der Waals surface area (Å²) < 4.78 is 6.35. The Hall–Kier alpha value is -2.72. The fourth-order valence-electron chi connectivity index (χ4n) is 3.08. The van der Waals surface area contributed by atoms with Gasteiger partial charge in [0.15, 0.2) is 11.6 Å². The number of halogens is 2. The third-order valence-electron chi connectivity index (χ3n) is 4.54. The summed E-state index contributed by atoms with van der Waals surface area (Å²) in [5.74, 6) is 0.153. The normalized spacial score (nSPS) is 16.3. The molecule has 1 aliphatic heterocycles. The number of nitrogens with one attached hydrogen (secondary N) is 3. The van der Waals surface area contributed by atoms with E-state index >= 15 is 0 Å². The van der Waals surface area contributed by atoms with Crippen LogP contribution < -0.4 is 32.1 Å². The number of nitrogens with zero attached hydrogens (tertiary/aromatic N) is 3. The SMILES string of the molecule is COc1c(N)ncnc1Nc1cc(Cl)c2n(c1=O)NC1(CCC1)NC2=O.Cl. The maximum absolute atomic E-state index is 12.9. The maximum atomic E-state index is 12.9. The molecule has 1 aliphatic carbocycles. The molecule has 27 heavy (non-hydrogen) atoms. The van der Waals surface area contributed by atoms with E-state index in [1.54, 1.807) is 0 Å². The van der Waals surface area contributed by atoms with Crippen molar-refractivity contribution >= 4 is 47.2 Å². The highest BCUT2D eigenvalue weighted by Crippen LogP contribution is 2.34. The number of pyridine rings is 1. The van der Waals surface area contributed by atoms with Gasteiger partial charge in [0.05, 0.1) is 12.1 Å². The molecule has 0 bridgehead atoms. The van der Waals surface area contributed by atoms with Gasteiger partial charge in [0.1, 0.15) is 23.4 Å². The molecule has 1 saturated carbocycles. The van der Waals surface area contributed by atoms with Crippen molar-refractivity contribution in [2.24, 2.45) is 0 Å². The van der Waals surface area contributed by atoms with Crippen LogP contribution in [0.1, 0.15) is 29.8 Å². The molecule has 5 N–H and O–H groups in total. The average molecular weight is 414 g/mol. The molecule has 1 spiro atoms. The number of carbonyl (C=O) groups is 1. The summed E-state index contributed by atoms with van der Waals surface area (Å²) in [4.78, 5) is 33.2. The second-order valence-corrected chi connectivity index (χ2v) is 6.57. The van der Waals surface area contributed by atoms with Crippen LogP contribution in [-0.4, -0.2) is 33.3 Å². The number of fused-ring (bicyclic) bond motifs is 1. The lowest BCUT2D eigenvalue weighted by atomic mass is 9.84. The predicted molar refractivity (Wildman–Crippen MR) is 103 cm³/mol. The van der Waals surface area contributed by atoms with Crippen molar-refractivity contribution in [1.82, 2.24) is 20.0 Å². The molecule has 144 valence electrons. The number of aromatic nitrogens is 3. The lowest BCUT2D eigenvalue weighted by molar-refractivity contribution is 0.0790. The lowest BCUT2D eigenvalue weighted by Crippen LogP contribution is -2.67. The van der Waals surface area contributed by atoms with Gasteiger partial charge in [-0.05, 0) is 25.3 Å². The van der Waals surface area contributed by atoms with Crippen molar-refractivity contribution in [3.05, 3.63) is 33.5 Å². The molecule has 12 heteroatoms. The molecule has 1 fully saturated rings. The summed E-state index contributed by atoms with van der Waals surface area (Å²) in [6, 6.07) is 1.37. The van der Waals surface area contributed by atoms with Gasteiger partial charge in [-0.2, -0.15) is 0 Å². The summed E-state index contributed by atoms with van der Waals surface area (Å²) in [5, 5.41) is 5.85. The van der Waals surface area contributed by atoms with E-state index in [0.717, 1.165) is 19.3 Å². The Kier molecular flexibility index (Phi) is 4.79. The molecule has 0 unspecified atom stereocenters. The van der Waals surface area contributed by atoms with Crippen LogP contribution in [0, 0.1) is 0 Å². The van der Waals surface area contributed by atoms with Crippen LogP contribution in [0.25, 0.3) is 0 Å². The van der Waals surface area contributed by atoms with Crippen LogP contribution >= 0.6 is 24.0 Å². The fraction of sp³-hybridized carbons (Fsp3) is 0.333. The van der Waals surface area contributed by atoms with E-state index in [2.05, 4.69) is 26.0 Å². The van der Waals surface area contributed by atoms with Gasteiger partial charge in [-0.15, -0.1) is 12.4 Å². The standard InChI is InChI=1S/C15H16ClN7O3.ClH/c1-26-10-11(17)18-6-19-12(10)20-8-5-7(16)9-13(24)21-15(3-2-4-15)22-23(9)14(8)25;/h5-6,22H,2-4H2,1H3,(H,21,24)(H3,17,18,19,20);1H. The van der Waals surface area contributed by atoms with Crippen LogP contribution in [-0.2, 0) is 0 Å². The summed E-state index contributed by atoms with van der Waals surface area (Å²) >= 11 is 6.25. The summed E-state index contributed by atoms with van der Waals surface area (Å²) in [5.41, 5.74) is 7.94. The van der Waals surface area contributed by atoms with E-state index in [0.29, 0.717) is 0 Å². The number of hydrogen-bond donors (Lipinski definition) is 4. The minimum absolute atomic E-state index is 0. The fourth-order valence-corrected chi connectivity index (χ4v) is 3.36. The van der Waals surface area contributed by atoms with E-state index in [4.69, 9.17) is 22.1 Å². The van der Waals surface area contributed by atoms with Gasteiger partial charge in [0.25, 0.3) is 11.5 Å². The average Bonchev–Trinajstić information content (AvgIpc) is 2.57. The van der Waals surface area contributed by atoms with Crippen molar-refractivity contribution in [1.29, 1.82) is 0 Å². The van der Waals surface area contributed by atoms with Gasteiger partial charge in [0.2, 0.25) is 5.75 Å². The molecule has 0 atom stereocenters. The quantitative estimate of drug-likeness (QED) is 0.589. The first-order chi connectivity index (χ1) is 12.4. The van der Waals surface area contributed by atoms with Crippen molar-refractivity contribution in [3.8, 4) is 5.75 Å². The monoisotopic (exact) mass is 413 g/mol. The van der Waals surface area contributed by atoms with E-state index in [-0.39, 0.29) is 52.1 Å². The summed E-state index contributed by atoms with van der Waals surface area (Å²) in [6.07, 6.45) is 3.67.